The zero-order valence-electron chi connectivity index (χ0n) is 11.1. The normalized spacial score (nSPS) is 10.5. The van der Waals surface area contributed by atoms with Crippen LogP contribution in [-0.2, 0) is 11.8 Å². The van der Waals surface area contributed by atoms with Crippen molar-refractivity contribution in [3.63, 3.8) is 0 Å². The molecule has 1 aromatic carbocycles. The Bertz CT molecular complexity index is 642. The lowest BCUT2D eigenvalue weighted by molar-refractivity contribution is 0.0513. The predicted molar refractivity (Wildman–Crippen MR) is 70.8 cm³/mol. The van der Waals surface area contributed by atoms with Gasteiger partial charge in [-0.1, -0.05) is 0 Å². The van der Waals surface area contributed by atoms with E-state index in [9.17, 15) is 9.59 Å². The third-order valence-electron chi connectivity index (χ3n) is 3.03. The van der Waals surface area contributed by atoms with Crippen molar-refractivity contribution in [3.8, 4) is 5.75 Å². The minimum Gasteiger partial charge on any atom is -0.497 e. The Kier molecular flexibility index (Phi) is 3.55. The van der Waals surface area contributed by atoms with Crippen molar-refractivity contribution in [1.29, 1.82) is 0 Å². The molecule has 5 nitrogen and oxygen atoms in total. The lowest BCUT2D eigenvalue weighted by Crippen LogP contribution is -2.11. The maximum atomic E-state index is 11.9. The Morgan fingerprint density at radius 1 is 1.42 bits per heavy atom. The Balaban J connectivity index is 2.73. The predicted octanol–water partition coefficient (Wildman–Crippen LogP) is 2.18. The van der Waals surface area contributed by atoms with Crippen molar-refractivity contribution >= 4 is 23.2 Å². The Labute approximate surface area is 110 Å². The molecule has 0 saturated heterocycles. The van der Waals surface area contributed by atoms with Crippen molar-refractivity contribution in [2.45, 2.75) is 6.92 Å². The zero-order chi connectivity index (χ0) is 14.0. The standard InChI is InChI=1S/C14H15NO4/c1-4-19-14(17)13-11(8-16)10-6-5-9(18-3)7-12(10)15(13)2/h5-8H,4H2,1-3H3. The molecule has 0 saturated carbocycles. The molecule has 0 amide bonds. The summed E-state index contributed by atoms with van der Waals surface area (Å²) in [5, 5.41) is 0.710. The first kappa shape index (κ1) is 13.1. The number of carbonyl (C=O) groups excluding carboxylic acids is 2. The molecule has 100 valence electrons. The summed E-state index contributed by atoms with van der Waals surface area (Å²) in [6.07, 6.45) is 0.682. The van der Waals surface area contributed by atoms with Crippen LogP contribution in [0.4, 0.5) is 0 Å². The van der Waals surface area contributed by atoms with E-state index in [1.165, 1.54) is 0 Å². The first-order valence-electron chi connectivity index (χ1n) is 5.92. The van der Waals surface area contributed by atoms with Gasteiger partial charge in [-0.25, -0.2) is 4.79 Å². The maximum Gasteiger partial charge on any atom is 0.355 e. The van der Waals surface area contributed by atoms with Crippen molar-refractivity contribution < 1.29 is 19.1 Å². The van der Waals surface area contributed by atoms with Crippen molar-refractivity contribution in [1.82, 2.24) is 4.57 Å². The zero-order valence-corrected chi connectivity index (χ0v) is 11.1. The molecule has 1 aromatic heterocycles. The van der Waals surface area contributed by atoms with Crippen LogP contribution in [-0.4, -0.2) is 30.5 Å². The summed E-state index contributed by atoms with van der Waals surface area (Å²) in [7, 11) is 3.29. The number of ether oxygens (including phenoxy) is 2. The highest BCUT2D eigenvalue weighted by Crippen LogP contribution is 2.28. The van der Waals surface area contributed by atoms with Gasteiger partial charge in [0.2, 0.25) is 0 Å². The second-order valence-corrected chi connectivity index (χ2v) is 4.04. The smallest absolute Gasteiger partial charge is 0.355 e. The van der Waals surface area contributed by atoms with Crippen LogP contribution >= 0.6 is 0 Å². The fraction of sp³-hybridized carbons (Fsp3) is 0.286. The molecule has 0 fully saturated rings. The average molecular weight is 261 g/mol. The van der Waals surface area contributed by atoms with Crippen molar-refractivity contribution in [2.75, 3.05) is 13.7 Å². The van der Waals surface area contributed by atoms with Gasteiger partial charge in [-0.05, 0) is 19.1 Å². The molecule has 19 heavy (non-hydrogen) atoms. The number of esters is 1. The van der Waals surface area contributed by atoms with Gasteiger partial charge in [-0.3, -0.25) is 4.79 Å². The molecule has 0 aliphatic rings. The van der Waals surface area contributed by atoms with Crippen molar-refractivity contribution in [3.05, 3.63) is 29.5 Å². The molecule has 0 aliphatic heterocycles. The minimum atomic E-state index is -0.498. The van der Waals surface area contributed by atoms with Gasteiger partial charge in [-0.2, -0.15) is 0 Å². The summed E-state index contributed by atoms with van der Waals surface area (Å²) >= 11 is 0. The fourth-order valence-corrected chi connectivity index (χ4v) is 2.14. The number of benzene rings is 1. The number of aromatic nitrogens is 1. The van der Waals surface area contributed by atoms with E-state index in [0.29, 0.717) is 23.0 Å². The number of fused-ring (bicyclic) bond motifs is 1. The van der Waals surface area contributed by atoms with Crippen LogP contribution in [0.1, 0.15) is 27.8 Å². The second-order valence-electron chi connectivity index (χ2n) is 4.04. The number of nitrogens with zero attached hydrogens (tertiary/aromatic N) is 1. The first-order chi connectivity index (χ1) is 9.13. The van der Waals surface area contributed by atoms with Gasteiger partial charge < -0.3 is 14.0 Å². The van der Waals surface area contributed by atoms with E-state index in [1.807, 2.05) is 0 Å². The fourth-order valence-electron chi connectivity index (χ4n) is 2.14. The monoisotopic (exact) mass is 261 g/mol. The molecule has 0 N–H and O–H groups in total. The summed E-state index contributed by atoms with van der Waals surface area (Å²) in [5.74, 6) is 0.170. The maximum absolute atomic E-state index is 11.9. The molecule has 0 radical (unpaired) electrons. The highest BCUT2D eigenvalue weighted by atomic mass is 16.5. The summed E-state index contributed by atoms with van der Waals surface area (Å²) in [6, 6.07) is 5.30. The Morgan fingerprint density at radius 2 is 2.16 bits per heavy atom. The van der Waals surface area contributed by atoms with Gasteiger partial charge in [0, 0.05) is 18.5 Å². The van der Waals surface area contributed by atoms with Crippen LogP contribution in [0.2, 0.25) is 0 Å². The SMILES string of the molecule is CCOC(=O)c1c(C=O)c2ccc(OC)cc2n1C. The van der Waals surface area contributed by atoms with E-state index < -0.39 is 5.97 Å². The molecule has 0 unspecified atom stereocenters. The van der Waals surface area contributed by atoms with Gasteiger partial charge in [0.1, 0.15) is 11.4 Å². The molecule has 2 aromatic rings. The molecule has 5 heteroatoms. The van der Waals surface area contributed by atoms with Crippen LogP contribution < -0.4 is 4.74 Å². The number of aryl methyl sites for hydroxylation is 1. The molecule has 2 rings (SSSR count). The van der Waals surface area contributed by atoms with E-state index in [-0.39, 0.29) is 12.3 Å². The largest absolute Gasteiger partial charge is 0.497 e. The van der Waals surface area contributed by atoms with Crippen LogP contribution in [0.3, 0.4) is 0 Å². The number of carbonyl (C=O) groups is 2. The highest BCUT2D eigenvalue weighted by molar-refractivity contribution is 6.08. The van der Waals surface area contributed by atoms with E-state index in [1.54, 1.807) is 43.8 Å². The molecule has 1 heterocycles. The second kappa shape index (κ2) is 5.14. The minimum absolute atomic E-state index is 0.264. The van der Waals surface area contributed by atoms with Gasteiger partial charge in [0.05, 0.1) is 24.8 Å². The summed E-state index contributed by atoms with van der Waals surface area (Å²) < 4.78 is 11.8. The van der Waals surface area contributed by atoms with E-state index in [2.05, 4.69) is 0 Å². The first-order valence-corrected chi connectivity index (χ1v) is 5.92. The average Bonchev–Trinajstić information content (AvgIpc) is 2.71. The molecule has 0 aliphatic carbocycles. The van der Waals surface area contributed by atoms with E-state index in [0.717, 1.165) is 5.52 Å². The van der Waals surface area contributed by atoms with Crippen molar-refractivity contribution in [2.24, 2.45) is 7.05 Å². The third-order valence-corrected chi connectivity index (χ3v) is 3.03. The number of hydrogen-bond donors (Lipinski definition) is 0. The molecule has 0 spiro atoms. The lowest BCUT2D eigenvalue weighted by Gasteiger charge is -2.04. The summed E-state index contributed by atoms with van der Waals surface area (Å²) in [4.78, 5) is 23.2. The molecule has 0 bridgehead atoms. The summed E-state index contributed by atoms with van der Waals surface area (Å²) in [5.41, 5.74) is 1.36. The quantitative estimate of drug-likeness (QED) is 0.625. The molecular formula is C14H15NO4. The van der Waals surface area contributed by atoms with Gasteiger partial charge in [0.15, 0.2) is 6.29 Å². The highest BCUT2D eigenvalue weighted by Gasteiger charge is 2.21. The lowest BCUT2D eigenvalue weighted by atomic mass is 10.1. The Morgan fingerprint density at radius 3 is 2.74 bits per heavy atom. The van der Waals surface area contributed by atoms with Crippen LogP contribution in [0.15, 0.2) is 18.2 Å². The van der Waals surface area contributed by atoms with Crippen LogP contribution in [0.25, 0.3) is 10.9 Å². The van der Waals surface area contributed by atoms with Gasteiger partial charge in [0.25, 0.3) is 0 Å². The van der Waals surface area contributed by atoms with Crippen LogP contribution in [0.5, 0.6) is 5.75 Å². The molecule has 0 atom stereocenters. The van der Waals surface area contributed by atoms with Crippen LogP contribution in [0, 0.1) is 0 Å². The Hall–Kier alpha value is -2.30. The van der Waals surface area contributed by atoms with E-state index in [4.69, 9.17) is 9.47 Å². The number of rotatable bonds is 4. The number of hydrogen-bond acceptors (Lipinski definition) is 4. The third kappa shape index (κ3) is 2.07. The topological polar surface area (TPSA) is 57.5 Å². The van der Waals surface area contributed by atoms with E-state index >= 15 is 0 Å². The molecular weight excluding hydrogens is 246 g/mol. The summed E-state index contributed by atoms with van der Waals surface area (Å²) in [6.45, 7) is 1.99. The number of aldehydes is 1. The number of methoxy groups -OCH3 is 1. The van der Waals surface area contributed by atoms with Gasteiger partial charge in [-0.15, -0.1) is 0 Å². The van der Waals surface area contributed by atoms with Gasteiger partial charge >= 0.3 is 5.97 Å².